The number of hydrogen-bond donors (Lipinski definition) is 0. The van der Waals surface area contributed by atoms with Gasteiger partial charge in [-0.05, 0) is 34.8 Å². The van der Waals surface area contributed by atoms with Crippen LogP contribution in [0.4, 0.5) is 5.95 Å². The van der Waals surface area contributed by atoms with Crippen LogP contribution in [0.25, 0.3) is 10.9 Å². The summed E-state index contributed by atoms with van der Waals surface area (Å²) in [5, 5.41) is 1.07. The minimum atomic E-state index is 0.537. The Labute approximate surface area is 109 Å². The van der Waals surface area contributed by atoms with Crippen LogP contribution in [0, 0.1) is 5.92 Å². The molecule has 1 fully saturated rings. The highest BCUT2D eigenvalue weighted by Crippen LogP contribution is 2.30. The average Bonchev–Trinajstić information content (AvgIpc) is 2.36. The molecule has 0 saturated carbocycles. The van der Waals surface area contributed by atoms with E-state index in [0.717, 1.165) is 33.8 Å². The Morgan fingerprint density at radius 2 is 2.18 bits per heavy atom. The van der Waals surface area contributed by atoms with Gasteiger partial charge in [-0.25, -0.2) is 9.97 Å². The van der Waals surface area contributed by atoms with Crippen molar-refractivity contribution in [3.05, 3.63) is 28.9 Å². The maximum Gasteiger partial charge on any atom is 0.226 e. The minimum absolute atomic E-state index is 0.537. The van der Waals surface area contributed by atoms with Gasteiger partial charge in [0.25, 0.3) is 0 Å². The molecule has 0 spiro atoms. The number of nitrogens with zero attached hydrogens (tertiary/aromatic N) is 3. The molecule has 4 heteroatoms. The highest BCUT2D eigenvalue weighted by molar-refractivity contribution is 9.10. The van der Waals surface area contributed by atoms with E-state index in [-0.39, 0.29) is 0 Å². The molecule has 0 amide bonds. The van der Waals surface area contributed by atoms with Crippen molar-refractivity contribution >= 4 is 32.8 Å². The van der Waals surface area contributed by atoms with Crippen LogP contribution < -0.4 is 4.90 Å². The van der Waals surface area contributed by atoms with Crippen molar-refractivity contribution in [1.82, 2.24) is 9.97 Å². The van der Waals surface area contributed by atoms with Gasteiger partial charge in [-0.15, -0.1) is 0 Å². The molecule has 0 bridgehead atoms. The topological polar surface area (TPSA) is 29.0 Å². The van der Waals surface area contributed by atoms with E-state index in [4.69, 9.17) is 0 Å². The van der Waals surface area contributed by atoms with E-state index in [9.17, 15) is 0 Å². The summed E-state index contributed by atoms with van der Waals surface area (Å²) in [5.41, 5.74) is 0.990. The second kappa shape index (κ2) is 3.95. The van der Waals surface area contributed by atoms with E-state index in [2.05, 4.69) is 44.6 Å². The summed E-state index contributed by atoms with van der Waals surface area (Å²) in [7, 11) is 0. The largest absolute Gasteiger partial charge is 0.337 e. The summed E-state index contributed by atoms with van der Waals surface area (Å²) in [6, 6.07) is 6.59. The van der Waals surface area contributed by atoms with E-state index in [0.29, 0.717) is 6.04 Å². The van der Waals surface area contributed by atoms with E-state index in [1.165, 1.54) is 0 Å². The SMILES string of the molecule is CC1CN(c2ncc3cccc(Br)c3n2)C1C. The fourth-order valence-electron chi connectivity index (χ4n) is 2.21. The Hall–Kier alpha value is -1.16. The first kappa shape index (κ1) is 11.0. The smallest absolute Gasteiger partial charge is 0.226 e. The lowest BCUT2D eigenvalue weighted by molar-refractivity contribution is 0.334. The summed E-state index contributed by atoms with van der Waals surface area (Å²) in [6.07, 6.45) is 1.90. The molecule has 1 aliphatic rings. The standard InChI is InChI=1S/C13H14BrN3/c1-8-7-17(9(8)2)13-15-6-10-4-3-5-11(14)12(10)16-13/h3-6,8-9H,7H2,1-2H3. The van der Waals surface area contributed by atoms with Crippen LogP contribution in [0.1, 0.15) is 13.8 Å². The fraction of sp³-hybridized carbons (Fsp3) is 0.385. The molecule has 17 heavy (non-hydrogen) atoms. The van der Waals surface area contributed by atoms with Gasteiger partial charge >= 0.3 is 0 Å². The molecule has 1 aliphatic heterocycles. The van der Waals surface area contributed by atoms with Crippen molar-refractivity contribution in [2.75, 3.05) is 11.4 Å². The maximum absolute atomic E-state index is 4.65. The Morgan fingerprint density at radius 3 is 2.88 bits per heavy atom. The lowest BCUT2D eigenvalue weighted by Crippen LogP contribution is -2.54. The zero-order valence-corrected chi connectivity index (χ0v) is 11.5. The van der Waals surface area contributed by atoms with Gasteiger partial charge < -0.3 is 4.90 Å². The van der Waals surface area contributed by atoms with Crippen molar-refractivity contribution < 1.29 is 0 Å². The van der Waals surface area contributed by atoms with Gasteiger partial charge in [0, 0.05) is 28.6 Å². The molecule has 2 atom stereocenters. The van der Waals surface area contributed by atoms with Crippen molar-refractivity contribution in [3.8, 4) is 0 Å². The summed E-state index contributed by atoms with van der Waals surface area (Å²) in [4.78, 5) is 11.4. The van der Waals surface area contributed by atoms with Crippen molar-refractivity contribution in [2.24, 2.45) is 5.92 Å². The molecule has 3 rings (SSSR count). The molecule has 88 valence electrons. The van der Waals surface area contributed by atoms with Crippen LogP contribution in [-0.4, -0.2) is 22.6 Å². The molecule has 0 aliphatic carbocycles. The first-order valence-corrected chi connectivity index (χ1v) is 6.64. The predicted octanol–water partition coefficient (Wildman–Crippen LogP) is 3.24. The fourth-order valence-corrected chi connectivity index (χ4v) is 2.68. The van der Waals surface area contributed by atoms with Crippen LogP contribution in [0.5, 0.6) is 0 Å². The van der Waals surface area contributed by atoms with Gasteiger partial charge in [0.15, 0.2) is 0 Å². The number of hydrogen-bond acceptors (Lipinski definition) is 3. The molecule has 0 radical (unpaired) electrons. The number of aromatic nitrogens is 2. The summed E-state index contributed by atoms with van der Waals surface area (Å²) >= 11 is 3.54. The number of rotatable bonds is 1. The number of fused-ring (bicyclic) bond motifs is 1. The molecule has 0 N–H and O–H groups in total. The van der Waals surface area contributed by atoms with Crippen molar-refractivity contribution in [2.45, 2.75) is 19.9 Å². The molecular formula is C13H14BrN3. The first-order valence-electron chi connectivity index (χ1n) is 5.85. The number of benzene rings is 1. The lowest BCUT2D eigenvalue weighted by Gasteiger charge is -2.44. The third-order valence-corrected chi connectivity index (χ3v) is 4.25. The Bertz CT molecular complexity index is 570. The van der Waals surface area contributed by atoms with E-state index in [1.807, 2.05) is 24.4 Å². The van der Waals surface area contributed by atoms with Gasteiger partial charge in [-0.2, -0.15) is 0 Å². The minimum Gasteiger partial charge on any atom is -0.337 e. The second-order valence-electron chi connectivity index (χ2n) is 4.72. The van der Waals surface area contributed by atoms with Crippen LogP contribution in [-0.2, 0) is 0 Å². The number of halogens is 1. The highest BCUT2D eigenvalue weighted by atomic mass is 79.9. The molecule has 1 saturated heterocycles. The van der Waals surface area contributed by atoms with Gasteiger partial charge in [-0.3, -0.25) is 0 Å². The summed E-state index contributed by atoms with van der Waals surface area (Å²) in [5.74, 6) is 1.57. The monoisotopic (exact) mass is 291 g/mol. The predicted molar refractivity (Wildman–Crippen MR) is 73.2 cm³/mol. The molecule has 3 nitrogen and oxygen atoms in total. The average molecular weight is 292 g/mol. The Kier molecular flexibility index (Phi) is 2.54. The van der Waals surface area contributed by atoms with Gasteiger partial charge in [0.1, 0.15) is 0 Å². The Morgan fingerprint density at radius 1 is 1.35 bits per heavy atom. The van der Waals surface area contributed by atoms with E-state index >= 15 is 0 Å². The molecule has 2 unspecified atom stereocenters. The third kappa shape index (κ3) is 1.71. The summed E-state index contributed by atoms with van der Waals surface area (Å²) < 4.78 is 1.03. The Balaban J connectivity index is 2.05. The van der Waals surface area contributed by atoms with Crippen LogP contribution >= 0.6 is 15.9 Å². The van der Waals surface area contributed by atoms with Gasteiger partial charge in [0.05, 0.1) is 5.52 Å². The molecule has 1 aromatic carbocycles. The van der Waals surface area contributed by atoms with E-state index in [1.54, 1.807) is 0 Å². The number of anilines is 1. The molecule has 2 heterocycles. The van der Waals surface area contributed by atoms with Gasteiger partial charge in [0.2, 0.25) is 5.95 Å². The normalized spacial score (nSPS) is 23.8. The summed E-state index contributed by atoms with van der Waals surface area (Å²) in [6.45, 7) is 5.54. The first-order chi connectivity index (χ1) is 8.16. The third-order valence-electron chi connectivity index (χ3n) is 3.61. The second-order valence-corrected chi connectivity index (χ2v) is 5.57. The van der Waals surface area contributed by atoms with Crippen molar-refractivity contribution in [3.63, 3.8) is 0 Å². The quantitative estimate of drug-likeness (QED) is 0.808. The molecule has 1 aromatic heterocycles. The zero-order chi connectivity index (χ0) is 12.0. The van der Waals surface area contributed by atoms with Crippen LogP contribution in [0.2, 0.25) is 0 Å². The lowest BCUT2D eigenvalue weighted by atomic mass is 9.93. The van der Waals surface area contributed by atoms with Gasteiger partial charge in [-0.1, -0.05) is 19.1 Å². The highest BCUT2D eigenvalue weighted by Gasteiger charge is 2.33. The number of para-hydroxylation sites is 1. The van der Waals surface area contributed by atoms with E-state index < -0.39 is 0 Å². The maximum atomic E-state index is 4.65. The van der Waals surface area contributed by atoms with Crippen LogP contribution in [0.15, 0.2) is 28.9 Å². The van der Waals surface area contributed by atoms with Crippen molar-refractivity contribution in [1.29, 1.82) is 0 Å². The molecular weight excluding hydrogens is 278 g/mol. The molecule has 2 aromatic rings. The van der Waals surface area contributed by atoms with Crippen LogP contribution in [0.3, 0.4) is 0 Å². The zero-order valence-electron chi connectivity index (χ0n) is 9.89.